The van der Waals surface area contributed by atoms with Crippen LogP contribution in [0.5, 0.6) is 17.2 Å². The normalized spacial score (nSPS) is 16.2. The summed E-state index contributed by atoms with van der Waals surface area (Å²) in [5.74, 6) is 2.52. The maximum absolute atomic E-state index is 5.92. The van der Waals surface area contributed by atoms with Crippen molar-refractivity contribution in [3.63, 3.8) is 0 Å². The number of ether oxygens (including phenoxy) is 3. The number of nitrogens with two attached hydrogens (primary N) is 1. The number of methoxy groups -OCH3 is 1. The minimum Gasteiger partial charge on any atom is -0.497 e. The molecule has 0 saturated heterocycles. The van der Waals surface area contributed by atoms with E-state index >= 15 is 0 Å². The van der Waals surface area contributed by atoms with E-state index in [0.29, 0.717) is 13.2 Å². The Bertz CT molecular complexity index is 610. The minimum absolute atomic E-state index is 0.0200. The number of benzene rings is 2. The second-order valence-corrected chi connectivity index (χ2v) is 5.06. The molecule has 4 nitrogen and oxygen atoms in total. The smallest absolute Gasteiger partial charge is 0.127 e. The molecular formula is C17H19NO3. The van der Waals surface area contributed by atoms with E-state index in [2.05, 4.69) is 0 Å². The second kappa shape index (κ2) is 6.06. The van der Waals surface area contributed by atoms with Crippen LogP contribution in [0.15, 0.2) is 42.5 Å². The summed E-state index contributed by atoms with van der Waals surface area (Å²) in [7, 11) is 1.67. The molecule has 21 heavy (non-hydrogen) atoms. The van der Waals surface area contributed by atoms with E-state index in [9.17, 15) is 0 Å². The number of hydrogen-bond donors (Lipinski definition) is 1. The summed E-state index contributed by atoms with van der Waals surface area (Å²) in [6, 6.07) is 13.8. The van der Waals surface area contributed by atoms with E-state index in [1.165, 1.54) is 5.56 Å². The number of rotatable bonds is 5. The van der Waals surface area contributed by atoms with Gasteiger partial charge in [0.1, 0.15) is 23.9 Å². The SMILES string of the molecule is COc1ccc(CCOc2ccc3c(c2)OCC3N)cc1. The Labute approximate surface area is 124 Å². The molecule has 0 radical (unpaired) electrons. The predicted molar refractivity (Wildman–Crippen MR) is 81.1 cm³/mol. The highest BCUT2D eigenvalue weighted by molar-refractivity contribution is 5.44. The minimum atomic E-state index is -0.0200. The third-order valence-electron chi connectivity index (χ3n) is 3.62. The van der Waals surface area contributed by atoms with Crippen molar-refractivity contribution in [1.29, 1.82) is 0 Å². The molecule has 1 unspecified atom stereocenters. The Morgan fingerprint density at radius 1 is 1.14 bits per heavy atom. The zero-order chi connectivity index (χ0) is 14.7. The van der Waals surface area contributed by atoms with Crippen LogP contribution in [-0.2, 0) is 6.42 Å². The highest BCUT2D eigenvalue weighted by Crippen LogP contribution is 2.33. The first-order valence-corrected chi connectivity index (χ1v) is 7.04. The second-order valence-electron chi connectivity index (χ2n) is 5.06. The van der Waals surface area contributed by atoms with Crippen LogP contribution in [0.2, 0.25) is 0 Å². The van der Waals surface area contributed by atoms with Gasteiger partial charge in [-0.3, -0.25) is 0 Å². The van der Waals surface area contributed by atoms with Gasteiger partial charge in [-0.05, 0) is 29.8 Å². The Morgan fingerprint density at radius 2 is 1.90 bits per heavy atom. The molecular weight excluding hydrogens is 266 g/mol. The van der Waals surface area contributed by atoms with Gasteiger partial charge in [0.05, 0.1) is 19.8 Å². The van der Waals surface area contributed by atoms with Crippen LogP contribution in [0, 0.1) is 0 Å². The van der Waals surface area contributed by atoms with Crippen molar-refractivity contribution in [3.8, 4) is 17.2 Å². The maximum atomic E-state index is 5.92. The standard InChI is InChI=1S/C17H19NO3/c1-19-13-4-2-12(3-5-13)8-9-20-14-6-7-15-16(18)11-21-17(15)10-14/h2-7,10,16H,8-9,11,18H2,1H3. The number of hydrogen-bond acceptors (Lipinski definition) is 4. The summed E-state index contributed by atoms with van der Waals surface area (Å²) in [4.78, 5) is 0. The Morgan fingerprint density at radius 3 is 2.67 bits per heavy atom. The highest BCUT2D eigenvalue weighted by Gasteiger charge is 2.20. The van der Waals surface area contributed by atoms with Gasteiger partial charge in [0, 0.05) is 18.1 Å². The van der Waals surface area contributed by atoms with Gasteiger partial charge in [-0.15, -0.1) is 0 Å². The molecule has 1 aliphatic heterocycles. The summed E-state index contributed by atoms with van der Waals surface area (Å²) in [6.07, 6.45) is 0.849. The van der Waals surface area contributed by atoms with Gasteiger partial charge in [0.2, 0.25) is 0 Å². The van der Waals surface area contributed by atoms with Crippen LogP contribution in [0.25, 0.3) is 0 Å². The quantitative estimate of drug-likeness (QED) is 0.917. The lowest BCUT2D eigenvalue weighted by Gasteiger charge is -2.08. The Balaban J connectivity index is 1.55. The fourth-order valence-electron chi connectivity index (χ4n) is 2.38. The highest BCUT2D eigenvalue weighted by atomic mass is 16.5. The van der Waals surface area contributed by atoms with E-state index in [4.69, 9.17) is 19.9 Å². The van der Waals surface area contributed by atoms with E-state index in [-0.39, 0.29) is 6.04 Å². The van der Waals surface area contributed by atoms with Crippen molar-refractivity contribution in [3.05, 3.63) is 53.6 Å². The van der Waals surface area contributed by atoms with Gasteiger partial charge in [-0.2, -0.15) is 0 Å². The van der Waals surface area contributed by atoms with Crippen molar-refractivity contribution in [1.82, 2.24) is 0 Å². The molecule has 2 N–H and O–H groups in total. The van der Waals surface area contributed by atoms with E-state index < -0.39 is 0 Å². The molecule has 1 heterocycles. The van der Waals surface area contributed by atoms with Crippen LogP contribution in [0.3, 0.4) is 0 Å². The van der Waals surface area contributed by atoms with Crippen LogP contribution in [-0.4, -0.2) is 20.3 Å². The summed E-state index contributed by atoms with van der Waals surface area (Å²) < 4.78 is 16.4. The zero-order valence-corrected chi connectivity index (χ0v) is 12.0. The first-order chi connectivity index (χ1) is 10.3. The van der Waals surface area contributed by atoms with E-state index in [0.717, 1.165) is 29.2 Å². The summed E-state index contributed by atoms with van der Waals surface area (Å²) in [5.41, 5.74) is 8.19. The topological polar surface area (TPSA) is 53.7 Å². The molecule has 0 spiro atoms. The average Bonchev–Trinajstić information content (AvgIpc) is 2.89. The van der Waals surface area contributed by atoms with Crippen molar-refractivity contribution < 1.29 is 14.2 Å². The lowest BCUT2D eigenvalue weighted by molar-refractivity contribution is 0.313. The van der Waals surface area contributed by atoms with Gasteiger partial charge in [0.15, 0.2) is 0 Å². The molecule has 2 aromatic rings. The molecule has 110 valence electrons. The van der Waals surface area contributed by atoms with Gasteiger partial charge in [0.25, 0.3) is 0 Å². The molecule has 4 heteroatoms. The van der Waals surface area contributed by atoms with Crippen molar-refractivity contribution in [2.75, 3.05) is 20.3 Å². The van der Waals surface area contributed by atoms with Gasteiger partial charge < -0.3 is 19.9 Å². The monoisotopic (exact) mass is 285 g/mol. The largest absolute Gasteiger partial charge is 0.497 e. The summed E-state index contributed by atoms with van der Waals surface area (Å²) >= 11 is 0. The van der Waals surface area contributed by atoms with Crippen molar-refractivity contribution in [2.45, 2.75) is 12.5 Å². The molecule has 2 aromatic carbocycles. The molecule has 1 aliphatic rings. The third kappa shape index (κ3) is 3.11. The molecule has 0 bridgehead atoms. The molecule has 0 amide bonds. The molecule has 0 aliphatic carbocycles. The van der Waals surface area contributed by atoms with Gasteiger partial charge >= 0.3 is 0 Å². The Kier molecular flexibility index (Phi) is 3.97. The number of fused-ring (bicyclic) bond motifs is 1. The van der Waals surface area contributed by atoms with Crippen molar-refractivity contribution >= 4 is 0 Å². The maximum Gasteiger partial charge on any atom is 0.127 e. The first kappa shape index (κ1) is 13.8. The summed E-state index contributed by atoms with van der Waals surface area (Å²) in [5, 5.41) is 0. The van der Waals surface area contributed by atoms with Crippen LogP contribution < -0.4 is 19.9 Å². The van der Waals surface area contributed by atoms with Crippen LogP contribution in [0.1, 0.15) is 17.2 Å². The summed E-state index contributed by atoms with van der Waals surface area (Å²) in [6.45, 7) is 1.17. The third-order valence-corrected chi connectivity index (χ3v) is 3.62. The lowest BCUT2D eigenvalue weighted by atomic mass is 10.1. The molecule has 1 atom stereocenters. The van der Waals surface area contributed by atoms with Gasteiger partial charge in [-0.25, -0.2) is 0 Å². The van der Waals surface area contributed by atoms with E-state index in [1.807, 2.05) is 42.5 Å². The lowest BCUT2D eigenvalue weighted by Crippen LogP contribution is -2.10. The van der Waals surface area contributed by atoms with Crippen molar-refractivity contribution in [2.24, 2.45) is 5.73 Å². The van der Waals surface area contributed by atoms with E-state index in [1.54, 1.807) is 7.11 Å². The molecule has 0 fully saturated rings. The average molecular weight is 285 g/mol. The zero-order valence-electron chi connectivity index (χ0n) is 12.0. The molecule has 0 saturated carbocycles. The van der Waals surface area contributed by atoms with Gasteiger partial charge in [-0.1, -0.05) is 12.1 Å². The fourth-order valence-corrected chi connectivity index (χ4v) is 2.38. The molecule has 0 aromatic heterocycles. The first-order valence-electron chi connectivity index (χ1n) is 7.04. The van der Waals surface area contributed by atoms with Crippen LogP contribution >= 0.6 is 0 Å². The van der Waals surface area contributed by atoms with Crippen LogP contribution in [0.4, 0.5) is 0 Å². The molecule has 3 rings (SSSR count). The fraction of sp³-hybridized carbons (Fsp3) is 0.294. The Hall–Kier alpha value is -2.20. The predicted octanol–water partition coefficient (Wildman–Crippen LogP) is 2.71.